The summed E-state index contributed by atoms with van der Waals surface area (Å²) >= 11 is 0. The van der Waals surface area contributed by atoms with Crippen LogP contribution in [0.4, 0.5) is 0 Å². The van der Waals surface area contributed by atoms with E-state index in [0.717, 1.165) is 49.2 Å². The topological polar surface area (TPSA) is 79.0 Å². The molecule has 7 heteroatoms. The van der Waals surface area contributed by atoms with Gasteiger partial charge < -0.3 is 19.7 Å². The number of amides is 2. The van der Waals surface area contributed by atoms with Crippen molar-refractivity contribution < 1.29 is 19.1 Å². The van der Waals surface area contributed by atoms with Crippen molar-refractivity contribution in [2.75, 3.05) is 32.7 Å². The summed E-state index contributed by atoms with van der Waals surface area (Å²) in [6.07, 6.45) is 7.21. The molecule has 0 aliphatic carbocycles. The molecule has 1 fully saturated rings. The van der Waals surface area contributed by atoms with Gasteiger partial charge in [0.25, 0.3) is 0 Å². The molecule has 7 nitrogen and oxygen atoms in total. The second-order valence-electron chi connectivity index (χ2n) is 10.7. The van der Waals surface area contributed by atoms with Crippen LogP contribution < -0.4 is 10.1 Å². The number of hydrogen-bond donors (Lipinski definition) is 1. The maximum Gasteiger partial charge on any atom is 0.242 e. The second-order valence-corrected chi connectivity index (χ2v) is 10.7. The lowest BCUT2D eigenvalue weighted by molar-refractivity contribution is -0.134. The van der Waals surface area contributed by atoms with E-state index >= 15 is 0 Å². The number of carbonyl (C=O) groups excluding carboxylic acids is 3. The van der Waals surface area contributed by atoms with Crippen molar-refractivity contribution in [1.82, 2.24) is 15.1 Å². The van der Waals surface area contributed by atoms with Crippen molar-refractivity contribution in [3.63, 3.8) is 0 Å². The Hall–Kier alpha value is -3.19. The number of aryl methyl sites for hydroxylation is 1. The van der Waals surface area contributed by atoms with E-state index in [4.69, 9.17) is 9.53 Å². The molecule has 2 aromatic rings. The summed E-state index contributed by atoms with van der Waals surface area (Å²) in [6, 6.07) is 16.6. The SMILES string of the molecule is CC=O.CCCCCCC(C)CC(=O)NCC(=O)N1CCN(Cc2ccccc2OCc2ccc(C)cc2)CC1. The van der Waals surface area contributed by atoms with Crippen LogP contribution in [-0.2, 0) is 27.5 Å². The molecule has 1 saturated heterocycles. The first-order valence-corrected chi connectivity index (χ1v) is 14.8. The van der Waals surface area contributed by atoms with Gasteiger partial charge in [-0.3, -0.25) is 14.5 Å². The summed E-state index contributed by atoms with van der Waals surface area (Å²) in [6.45, 7) is 12.3. The zero-order valence-corrected chi connectivity index (χ0v) is 25.0. The van der Waals surface area contributed by atoms with Crippen molar-refractivity contribution in [1.29, 1.82) is 0 Å². The highest BCUT2D eigenvalue weighted by molar-refractivity contribution is 5.84. The summed E-state index contributed by atoms with van der Waals surface area (Å²) in [7, 11) is 0. The number of nitrogens with zero attached hydrogens (tertiary/aromatic N) is 2. The highest BCUT2D eigenvalue weighted by Gasteiger charge is 2.22. The number of carbonyl (C=O) groups is 3. The maximum atomic E-state index is 12.7. The summed E-state index contributed by atoms with van der Waals surface area (Å²) in [5.74, 6) is 1.26. The smallest absolute Gasteiger partial charge is 0.242 e. The van der Waals surface area contributed by atoms with Crippen molar-refractivity contribution in [3.8, 4) is 5.75 Å². The lowest BCUT2D eigenvalue weighted by atomic mass is 9.99. The number of piperazine rings is 1. The van der Waals surface area contributed by atoms with E-state index in [1.807, 2.05) is 23.1 Å². The predicted octanol–water partition coefficient (Wildman–Crippen LogP) is 5.54. The zero-order chi connectivity index (χ0) is 29.2. The highest BCUT2D eigenvalue weighted by Crippen LogP contribution is 2.22. The lowest BCUT2D eigenvalue weighted by Gasteiger charge is -2.35. The van der Waals surface area contributed by atoms with Crippen LogP contribution >= 0.6 is 0 Å². The van der Waals surface area contributed by atoms with Gasteiger partial charge in [-0.05, 0) is 31.4 Å². The van der Waals surface area contributed by atoms with E-state index in [-0.39, 0.29) is 18.4 Å². The van der Waals surface area contributed by atoms with Gasteiger partial charge in [0.2, 0.25) is 11.8 Å². The zero-order valence-electron chi connectivity index (χ0n) is 25.0. The van der Waals surface area contributed by atoms with Gasteiger partial charge in [-0.15, -0.1) is 0 Å². The lowest BCUT2D eigenvalue weighted by Crippen LogP contribution is -2.50. The molecular weight excluding hydrogens is 502 g/mol. The number of benzene rings is 2. The Morgan fingerprint density at radius 3 is 2.35 bits per heavy atom. The Bertz CT molecular complexity index is 1020. The molecule has 0 spiro atoms. The molecule has 0 bridgehead atoms. The molecule has 2 amide bonds. The van der Waals surface area contributed by atoms with Gasteiger partial charge in [0.05, 0.1) is 6.54 Å². The van der Waals surface area contributed by atoms with Gasteiger partial charge in [-0.2, -0.15) is 0 Å². The minimum atomic E-state index is -0.0165. The first-order valence-electron chi connectivity index (χ1n) is 14.8. The monoisotopic (exact) mass is 551 g/mol. The van der Waals surface area contributed by atoms with Gasteiger partial charge >= 0.3 is 0 Å². The third-order valence-electron chi connectivity index (χ3n) is 7.13. The summed E-state index contributed by atoms with van der Waals surface area (Å²) in [5.41, 5.74) is 3.55. The molecule has 3 rings (SSSR count). The van der Waals surface area contributed by atoms with Crippen LogP contribution in [-0.4, -0.2) is 60.6 Å². The molecule has 0 radical (unpaired) electrons. The largest absolute Gasteiger partial charge is 0.489 e. The Morgan fingerprint density at radius 1 is 1.00 bits per heavy atom. The first-order chi connectivity index (χ1) is 19.4. The Kier molecular flexibility index (Phi) is 15.7. The molecule has 1 unspecified atom stereocenters. The van der Waals surface area contributed by atoms with E-state index in [0.29, 0.717) is 32.0 Å². The Balaban J connectivity index is 0.00000178. The van der Waals surface area contributed by atoms with Crippen molar-refractivity contribution in [3.05, 3.63) is 65.2 Å². The molecule has 0 aromatic heterocycles. The molecule has 1 atom stereocenters. The van der Waals surface area contributed by atoms with E-state index in [1.165, 1.54) is 38.2 Å². The molecule has 0 saturated carbocycles. The van der Waals surface area contributed by atoms with Gasteiger partial charge in [0, 0.05) is 44.7 Å². The van der Waals surface area contributed by atoms with E-state index in [2.05, 4.69) is 61.3 Å². The molecule has 220 valence electrons. The minimum absolute atomic E-state index is 0.00503. The number of para-hydroxylation sites is 1. The number of rotatable bonds is 14. The highest BCUT2D eigenvalue weighted by atomic mass is 16.5. The predicted molar refractivity (Wildman–Crippen MR) is 161 cm³/mol. The molecule has 1 heterocycles. The van der Waals surface area contributed by atoms with Gasteiger partial charge in [-0.1, -0.05) is 94.0 Å². The average Bonchev–Trinajstić information content (AvgIpc) is 2.95. The minimum Gasteiger partial charge on any atom is -0.489 e. The normalized spacial score (nSPS) is 14.1. The molecule has 1 aliphatic rings. The number of nitrogens with one attached hydrogen (secondary N) is 1. The second kappa shape index (κ2) is 19.0. The summed E-state index contributed by atoms with van der Waals surface area (Å²) < 4.78 is 6.15. The van der Waals surface area contributed by atoms with Crippen molar-refractivity contribution in [2.24, 2.45) is 5.92 Å². The molecule has 1 aliphatic heterocycles. The summed E-state index contributed by atoms with van der Waals surface area (Å²) in [4.78, 5) is 38.0. The molecule has 40 heavy (non-hydrogen) atoms. The standard InChI is InChI=1S/C31H45N3O3.C2H4O/c1-4-5-6-7-10-26(3)21-30(35)32-22-31(36)34-19-17-33(18-20-34)23-28-11-8-9-12-29(28)37-24-27-15-13-25(2)14-16-27;1-2-3/h8-9,11-16,26H,4-7,10,17-24H2,1-3H3,(H,32,35);2H,1H3. The number of aldehydes is 1. The molecule has 2 aromatic carbocycles. The third kappa shape index (κ3) is 12.8. The number of unbranched alkanes of at least 4 members (excludes halogenated alkanes) is 3. The molecular formula is C33H49N3O4. The Morgan fingerprint density at radius 2 is 1.68 bits per heavy atom. The average molecular weight is 552 g/mol. The fraction of sp³-hybridized carbons (Fsp3) is 0.545. The van der Waals surface area contributed by atoms with Gasteiger partial charge in [0.15, 0.2) is 0 Å². The quantitative estimate of drug-likeness (QED) is 0.247. The fourth-order valence-corrected chi connectivity index (χ4v) is 4.71. The van der Waals surface area contributed by atoms with Crippen LogP contribution in [0.3, 0.4) is 0 Å². The number of ether oxygens (including phenoxy) is 1. The van der Waals surface area contributed by atoms with Crippen LogP contribution in [0.15, 0.2) is 48.5 Å². The van der Waals surface area contributed by atoms with Crippen LogP contribution in [0.1, 0.15) is 76.0 Å². The van der Waals surface area contributed by atoms with E-state index < -0.39 is 0 Å². The Labute approximate surface area is 241 Å². The van der Waals surface area contributed by atoms with Gasteiger partial charge in [-0.25, -0.2) is 0 Å². The van der Waals surface area contributed by atoms with Gasteiger partial charge in [0.1, 0.15) is 18.6 Å². The maximum absolute atomic E-state index is 12.7. The van der Waals surface area contributed by atoms with Crippen LogP contribution in [0.25, 0.3) is 0 Å². The van der Waals surface area contributed by atoms with Crippen molar-refractivity contribution >= 4 is 18.1 Å². The third-order valence-corrected chi connectivity index (χ3v) is 7.13. The number of hydrogen-bond acceptors (Lipinski definition) is 5. The van der Waals surface area contributed by atoms with Crippen molar-refractivity contribution in [2.45, 2.75) is 79.4 Å². The van der Waals surface area contributed by atoms with E-state index in [9.17, 15) is 9.59 Å². The van der Waals surface area contributed by atoms with Crippen LogP contribution in [0.5, 0.6) is 5.75 Å². The van der Waals surface area contributed by atoms with E-state index in [1.54, 1.807) is 0 Å². The van der Waals surface area contributed by atoms with Crippen LogP contribution in [0, 0.1) is 12.8 Å². The fourth-order valence-electron chi connectivity index (χ4n) is 4.71. The molecule has 1 N–H and O–H groups in total. The summed E-state index contributed by atoms with van der Waals surface area (Å²) in [5, 5.41) is 2.84. The van der Waals surface area contributed by atoms with Crippen LogP contribution in [0.2, 0.25) is 0 Å². The first kappa shape index (κ1) is 33.0.